The van der Waals surface area contributed by atoms with Crippen LogP contribution in [0.4, 0.5) is 5.69 Å². The molecule has 2 rings (SSSR count). The molecular formula is C10H13ClN2O4S2. The Morgan fingerprint density at radius 3 is 2.37 bits per heavy atom. The van der Waals surface area contributed by atoms with E-state index >= 15 is 0 Å². The molecule has 0 N–H and O–H groups in total. The van der Waals surface area contributed by atoms with Crippen molar-refractivity contribution in [2.24, 2.45) is 11.8 Å². The Morgan fingerprint density at radius 2 is 1.95 bits per heavy atom. The summed E-state index contributed by atoms with van der Waals surface area (Å²) in [7, 11) is -3.68. The lowest BCUT2D eigenvalue weighted by Gasteiger charge is -2.14. The highest BCUT2D eigenvalue weighted by Crippen LogP contribution is 2.38. The SMILES string of the molecule is CC1CN(S(=O)(=O)c2cc([N+](=O)[O-])c(Cl)s2)CC1C. The van der Waals surface area contributed by atoms with E-state index in [1.165, 1.54) is 4.31 Å². The van der Waals surface area contributed by atoms with Crippen LogP contribution in [-0.2, 0) is 10.0 Å². The van der Waals surface area contributed by atoms with Gasteiger partial charge in [-0.2, -0.15) is 4.31 Å². The Hall–Kier alpha value is -0.700. The largest absolute Gasteiger partial charge is 0.300 e. The number of sulfonamides is 1. The minimum Gasteiger partial charge on any atom is -0.258 e. The molecular weight excluding hydrogens is 312 g/mol. The smallest absolute Gasteiger partial charge is 0.258 e. The maximum atomic E-state index is 12.4. The van der Waals surface area contributed by atoms with E-state index in [0.29, 0.717) is 13.1 Å². The van der Waals surface area contributed by atoms with Crippen molar-refractivity contribution in [3.63, 3.8) is 0 Å². The molecule has 6 nitrogen and oxygen atoms in total. The van der Waals surface area contributed by atoms with Crippen molar-refractivity contribution >= 4 is 38.6 Å². The van der Waals surface area contributed by atoms with Gasteiger partial charge in [-0.25, -0.2) is 8.42 Å². The van der Waals surface area contributed by atoms with E-state index in [9.17, 15) is 18.5 Å². The van der Waals surface area contributed by atoms with Gasteiger partial charge in [0.2, 0.25) is 0 Å². The molecule has 1 saturated heterocycles. The van der Waals surface area contributed by atoms with Crippen LogP contribution < -0.4 is 0 Å². The molecule has 0 amide bonds. The summed E-state index contributed by atoms with van der Waals surface area (Å²) >= 11 is 6.44. The van der Waals surface area contributed by atoms with Crippen LogP contribution >= 0.6 is 22.9 Å². The van der Waals surface area contributed by atoms with E-state index in [0.717, 1.165) is 17.4 Å². The monoisotopic (exact) mass is 324 g/mol. The molecule has 1 aromatic heterocycles. The minimum absolute atomic E-state index is 0.0644. The maximum absolute atomic E-state index is 12.4. The average Bonchev–Trinajstić information content (AvgIpc) is 2.84. The number of hydrogen-bond donors (Lipinski definition) is 0. The summed E-state index contributed by atoms with van der Waals surface area (Å²) in [5.74, 6) is 0.556. The number of hydrogen-bond acceptors (Lipinski definition) is 5. The van der Waals surface area contributed by atoms with Crippen LogP contribution in [0.5, 0.6) is 0 Å². The molecule has 2 atom stereocenters. The Bertz CT molecular complexity index is 603. The predicted molar refractivity (Wildman–Crippen MR) is 73.1 cm³/mol. The fourth-order valence-corrected chi connectivity index (χ4v) is 5.45. The van der Waals surface area contributed by atoms with Gasteiger partial charge in [-0.1, -0.05) is 25.4 Å². The van der Waals surface area contributed by atoms with Crippen LogP contribution in [-0.4, -0.2) is 30.7 Å². The Morgan fingerprint density at radius 1 is 1.42 bits per heavy atom. The number of nitro groups is 1. The topological polar surface area (TPSA) is 80.5 Å². The van der Waals surface area contributed by atoms with Gasteiger partial charge >= 0.3 is 0 Å². The van der Waals surface area contributed by atoms with Gasteiger partial charge in [0.1, 0.15) is 4.21 Å². The van der Waals surface area contributed by atoms with E-state index in [4.69, 9.17) is 11.6 Å². The van der Waals surface area contributed by atoms with E-state index in [2.05, 4.69) is 0 Å². The second-order valence-electron chi connectivity index (χ2n) is 4.76. The molecule has 0 spiro atoms. The van der Waals surface area contributed by atoms with E-state index in [1.54, 1.807) is 0 Å². The van der Waals surface area contributed by atoms with Crippen LogP contribution in [0, 0.1) is 22.0 Å². The molecule has 2 heterocycles. The third kappa shape index (κ3) is 2.62. The van der Waals surface area contributed by atoms with Crippen LogP contribution in [0.15, 0.2) is 10.3 Å². The summed E-state index contributed by atoms with van der Waals surface area (Å²) in [6, 6.07) is 1.04. The van der Waals surface area contributed by atoms with Gasteiger partial charge in [0.15, 0.2) is 4.34 Å². The standard InChI is InChI=1S/C10H13ClN2O4S2/c1-6-4-12(5-7(6)2)19(16,17)9-3-8(13(14)15)10(11)18-9/h3,6-7H,4-5H2,1-2H3. The molecule has 2 unspecified atom stereocenters. The summed E-state index contributed by atoms with van der Waals surface area (Å²) in [5, 5.41) is 10.7. The van der Waals surface area contributed by atoms with Gasteiger partial charge in [0.25, 0.3) is 15.7 Å². The number of thiophene rings is 1. The first kappa shape index (κ1) is 14.7. The van der Waals surface area contributed by atoms with Crippen molar-refractivity contribution in [1.29, 1.82) is 0 Å². The van der Waals surface area contributed by atoms with Gasteiger partial charge in [0, 0.05) is 19.2 Å². The van der Waals surface area contributed by atoms with Crippen LogP contribution in [0.1, 0.15) is 13.8 Å². The molecule has 0 radical (unpaired) electrons. The molecule has 106 valence electrons. The lowest BCUT2D eigenvalue weighted by Crippen LogP contribution is -2.28. The number of halogens is 1. The first-order valence-electron chi connectivity index (χ1n) is 5.67. The highest BCUT2D eigenvalue weighted by molar-refractivity contribution is 7.91. The third-order valence-corrected chi connectivity index (χ3v) is 7.01. The molecule has 1 aromatic rings. The minimum atomic E-state index is -3.68. The zero-order chi connectivity index (χ0) is 14.4. The van der Waals surface area contributed by atoms with Crippen molar-refractivity contribution in [1.82, 2.24) is 4.31 Å². The lowest BCUT2D eigenvalue weighted by atomic mass is 10.0. The normalized spacial score (nSPS) is 24.8. The van der Waals surface area contributed by atoms with E-state index < -0.39 is 14.9 Å². The molecule has 0 bridgehead atoms. The van der Waals surface area contributed by atoms with Crippen LogP contribution in [0.3, 0.4) is 0 Å². The number of rotatable bonds is 3. The molecule has 0 saturated carbocycles. The van der Waals surface area contributed by atoms with Gasteiger partial charge in [-0.05, 0) is 11.8 Å². The van der Waals surface area contributed by atoms with Gasteiger partial charge < -0.3 is 0 Å². The molecule has 0 aromatic carbocycles. The summed E-state index contributed by atoms with van der Waals surface area (Å²) in [6.45, 7) is 4.85. The second kappa shape index (κ2) is 5.01. The highest BCUT2D eigenvalue weighted by Gasteiger charge is 2.37. The van der Waals surface area contributed by atoms with Crippen LogP contribution in [0.2, 0.25) is 4.34 Å². The van der Waals surface area contributed by atoms with E-state index in [-0.39, 0.29) is 26.1 Å². The molecule has 0 aliphatic carbocycles. The Kier molecular flexibility index (Phi) is 3.87. The van der Waals surface area contributed by atoms with Crippen molar-refractivity contribution in [3.05, 3.63) is 20.5 Å². The first-order chi connectivity index (χ1) is 8.73. The summed E-state index contributed by atoms with van der Waals surface area (Å²) < 4.78 is 25.9. The lowest BCUT2D eigenvalue weighted by molar-refractivity contribution is -0.384. The summed E-state index contributed by atoms with van der Waals surface area (Å²) in [5.41, 5.74) is -0.356. The Balaban J connectivity index is 2.35. The molecule has 1 aliphatic heterocycles. The number of nitrogens with zero attached hydrogens (tertiary/aromatic N) is 2. The maximum Gasteiger partial charge on any atom is 0.300 e. The molecule has 1 aliphatic rings. The fourth-order valence-electron chi connectivity index (χ4n) is 1.99. The predicted octanol–water partition coefficient (Wildman–Crippen LogP) is 2.59. The van der Waals surface area contributed by atoms with Gasteiger partial charge in [-0.15, -0.1) is 11.3 Å². The second-order valence-corrected chi connectivity index (χ2v) is 8.58. The van der Waals surface area contributed by atoms with Crippen molar-refractivity contribution in [3.8, 4) is 0 Å². The third-order valence-electron chi connectivity index (χ3n) is 3.39. The average molecular weight is 325 g/mol. The van der Waals surface area contributed by atoms with Crippen LogP contribution in [0.25, 0.3) is 0 Å². The highest BCUT2D eigenvalue weighted by atomic mass is 35.5. The zero-order valence-corrected chi connectivity index (χ0v) is 12.8. The van der Waals surface area contributed by atoms with Crippen molar-refractivity contribution in [2.75, 3.05) is 13.1 Å². The zero-order valence-electron chi connectivity index (χ0n) is 10.4. The molecule has 9 heteroatoms. The summed E-state index contributed by atoms with van der Waals surface area (Å²) in [4.78, 5) is 10.0. The molecule has 1 fully saturated rings. The fraction of sp³-hybridized carbons (Fsp3) is 0.600. The summed E-state index contributed by atoms with van der Waals surface area (Å²) in [6.07, 6.45) is 0. The van der Waals surface area contributed by atoms with Gasteiger partial charge in [0.05, 0.1) is 4.92 Å². The van der Waals surface area contributed by atoms with Crippen molar-refractivity contribution in [2.45, 2.75) is 18.1 Å². The first-order valence-corrected chi connectivity index (χ1v) is 8.30. The van der Waals surface area contributed by atoms with Crippen molar-refractivity contribution < 1.29 is 13.3 Å². The van der Waals surface area contributed by atoms with Gasteiger partial charge in [-0.3, -0.25) is 10.1 Å². The van der Waals surface area contributed by atoms with E-state index in [1.807, 2.05) is 13.8 Å². The quantitative estimate of drug-likeness (QED) is 0.632. The molecule has 19 heavy (non-hydrogen) atoms. The Labute approximate surface area is 120 Å².